The van der Waals surface area contributed by atoms with Crippen molar-refractivity contribution >= 4 is 28.3 Å². The van der Waals surface area contributed by atoms with Crippen molar-refractivity contribution in [3.05, 3.63) is 59.9 Å². The van der Waals surface area contributed by atoms with Gasteiger partial charge in [0.15, 0.2) is 0 Å². The van der Waals surface area contributed by atoms with Crippen LogP contribution in [0.4, 0.5) is 5.69 Å². The number of fused-ring (bicyclic) bond motifs is 1. The van der Waals surface area contributed by atoms with Crippen LogP contribution < -0.4 is 10.6 Å². The third-order valence-corrected chi connectivity index (χ3v) is 3.91. The van der Waals surface area contributed by atoms with E-state index >= 15 is 0 Å². The van der Waals surface area contributed by atoms with E-state index < -0.39 is 0 Å². The zero-order chi connectivity index (χ0) is 17.8. The lowest BCUT2D eigenvalue weighted by molar-refractivity contribution is -0.115. The number of hydrogen-bond acceptors (Lipinski definition) is 3. The monoisotopic (exact) mass is 336 g/mol. The minimum absolute atomic E-state index is 0.101. The maximum absolute atomic E-state index is 12.3. The first-order valence-electron chi connectivity index (χ1n) is 8.18. The molecule has 0 bridgehead atoms. The van der Waals surface area contributed by atoms with E-state index in [-0.39, 0.29) is 18.4 Å². The Labute approximate surface area is 145 Å². The van der Waals surface area contributed by atoms with Gasteiger partial charge in [-0.3, -0.25) is 14.3 Å². The first-order chi connectivity index (χ1) is 12.1. The molecule has 2 aromatic carbocycles. The number of carbonyl (C=O) groups excluding carboxylic acids is 2. The Hall–Kier alpha value is -3.15. The van der Waals surface area contributed by atoms with E-state index in [1.807, 2.05) is 56.3 Å². The quantitative estimate of drug-likeness (QED) is 0.752. The second kappa shape index (κ2) is 7.17. The van der Waals surface area contributed by atoms with Gasteiger partial charge in [-0.15, -0.1) is 0 Å². The van der Waals surface area contributed by atoms with Crippen LogP contribution in [0.2, 0.25) is 0 Å². The van der Waals surface area contributed by atoms with Crippen molar-refractivity contribution in [3.8, 4) is 0 Å². The third kappa shape index (κ3) is 3.68. The highest BCUT2D eigenvalue weighted by Gasteiger charge is 2.14. The summed E-state index contributed by atoms with van der Waals surface area (Å²) in [5.74, 6) is -0.584. The molecule has 0 aliphatic rings. The normalized spacial score (nSPS) is 10.6. The van der Waals surface area contributed by atoms with Crippen LogP contribution >= 0.6 is 0 Å². The lowest BCUT2D eigenvalue weighted by Crippen LogP contribution is -2.34. The predicted molar refractivity (Wildman–Crippen MR) is 97.5 cm³/mol. The summed E-state index contributed by atoms with van der Waals surface area (Å²) in [5.41, 5.74) is 1.96. The van der Waals surface area contributed by atoms with Crippen molar-refractivity contribution in [2.75, 3.05) is 11.9 Å². The van der Waals surface area contributed by atoms with Crippen LogP contribution in [0.15, 0.2) is 48.5 Å². The number of nitrogens with zero attached hydrogens (tertiary/aromatic N) is 2. The fourth-order valence-corrected chi connectivity index (χ4v) is 2.75. The maximum atomic E-state index is 12.3. The van der Waals surface area contributed by atoms with Gasteiger partial charge in [0.2, 0.25) is 5.91 Å². The number of nitrogens with one attached hydrogen (secondary N) is 2. The second-order valence-corrected chi connectivity index (χ2v) is 5.74. The molecule has 0 fully saturated rings. The number of carbonyl (C=O) groups is 2. The van der Waals surface area contributed by atoms with Crippen molar-refractivity contribution in [2.45, 2.75) is 20.4 Å². The minimum Gasteiger partial charge on any atom is -0.342 e. The van der Waals surface area contributed by atoms with Gasteiger partial charge in [-0.05, 0) is 31.4 Å². The van der Waals surface area contributed by atoms with Gasteiger partial charge >= 0.3 is 0 Å². The van der Waals surface area contributed by atoms with Gasteiger partial charge in [0.05, 0.1) is 12.2 Å². The molecule has 0 spiro atoms. The summed E-state index contributed by atoms with van der Waals surface area (Å²) in [7, 11) is 0. The predicted octanol–water partition coefficient (Wildman–Crippen LogP) is 2.73. The molecule has 0 radical (unpaired) electrons. The minimum atomic E-state index is -0.310. The molecule has 0 saturated carbocycles. The summed E-state index contributed by atoms with van der Waals surface area (Å²) in [5, 5.41) is 11.7. The molecular formula is C19H20N4O2. The molecule has 25 heavy (non-hydrogen) atoms. The molecule has 3 rings (SSSR count). The lowest BCUT2D eigenvalue weighted by Gasteiger charge is -2.10. The van der Waals surface area contributed by atoms with Gasteiger partial charge in [0.1, 0.15) is 5.69 Å². The number of rotatable bonds is 5. The Kier molecular flexibility index (Phi) is 4.79. The maximum Gasteiger partial charge on any atom is 0.269 e. The van der Waals surface area contributed by atoms with Crippen LogP contribution in [0.1, 0.15) is 23.1 Å². The van der Waals surface area contributed by atoms with E-state index in [9.17, 15) is 9.59 Å². The number of aryl methyl sites for hydroxylation is 2. The highest BCUT2D eigenvalue weighted by Crippen LogP contribution is 2.22. The Morgan fingerprint density at radius 2 is 1.88 bits per heavy atom. The van der Waals surface area contributed by atoms with E-state index in [0.717, 1.165) is 22.2 Å². The van der Waals surface area contributed by atoms with Crippen molar-refractivity contribution in [1.82, 2.24) is 15.1 Å². The fraction of sp³-hybridized carbons (Fsp3) is 0.211. The van der Waals surface area contributed by atoms with Gasteiger partial charge in [0.25, 0.3) is 5.91 Å². The topological polar surface area (TPSA) is 76.0 Å². The summed E-state index contributed by atoms with van der Waals surface area (Å²) in [6.07, 6.45) is 0. The molecule has 0 aliphatic carbocycles. The standard InChI is InChI=1S/C19H20N4O2/c1-3-23-17(11-13(2)22-23)19(25)20-12-18(24)21-16-10-6-8-14-7-4-5-9-15(14)16/h4-11H,3,12H2,1-2H3,(H,20,25)(H,21,24). The smallest absolute Gasteiger partial charge is 0.269 e. The molecule has 0 atom stereocenters. The summed E-state index contributed by atoms with van der Waals surface area (Å²) in [4.78, 5) is 24.5. The van der Waals surface area contributed by atoms with Crippen LogP contribution in [0.25, 0.3) is 10.8 Å². The largest absolute Gasteiger partial charge is 0.342 e. The van der Waals surface area contributed by atoms with E-state index in [1.165, 1.54) is 0 Å². The molecule has 128 valence electrons. The van der Waals surface area contributed by atoms with Crippen molar-refractivity contribution in [2.24, 2.45) is 0 Å². The first-order valence-corrected chi connectivity index (χ1v) is 8.18. The number of benzene rings is 2. The molecule has 1 heterocycles. The second-order valence-electron chi connectivity index (χ2n) is 5.74. The average Bonchev–Trinajstić information content (AvgIpc) is 3.01. The first kappa shape index (κ1) is 16.7. The molecule has 3 aromatic rings. The molecule has 2 N–H and O–H groups in total. The Morgan fingerprint density at radius 3 is 2.68 bits per heavy atom. The molecule has 1 aromatic heterocycles. The van der Waals surface area contributed by atoms with Gasteiger partial charge in [-0.25, -0.2) is 0 Å². The van der Waals surface area contributed by atoms with Crippen molar-refractivity contribution in [1.29, 1.82) is 0 Å². The van der Waals surface area contributed by atoms with E-state index in [1.54, 1.807) is 10.7 Å². The molecular weight excluding hydrogens is 316 g/mol. The highest BCUT2D eigenvalue weighted by atomic mass is 16.2. The summed E-state index contributed by atoms with van der Waals surface area (Å²) in [6, 6.07) is 15.2. The number of amides is 2. The zero-order valence-corrected chi connectivity index (χ0v) is 14.2. The summed E-state index contributed by atoms with van der Waals surface area (Å²) < 4.78 is 1.62. The zero-order valence-electron chi connectivity index (χ0n) is 14.2. The van der Waals surface area contributed by atoms with Gasteiger partial charge in [-0.2, -0.15) is 5.10 Å². The number of anilines is 1. The third-order valence-electron chi connectivity index (χ3n) is 3.91. The molecule has 6 heteroatoms. The highest BCUT2D eigenvalue weighted by molar-refractivity contribution is 6.04. The van der Waals surface area contributed by atoms with E-state index in [2.05, 4.69) is 15.7 Å². The number of aromatic nitrogens is 2. The van der Waals surface area contributed by atoms with Gasteiger partial charge < -0.3 is 10.6 Å². The van der Waals surface area contributed by atoms with Crippen LogP contribution in [0.5, 0.6) is 0 Å². The molecule has 0 aliphatic heterocycles. The molecule has 0 saturated heterocycles. The van der Waals surface area contributed by atoms with Crippen LogP contribution in [-0.4, -0.2) is 28.1 Å². The summed E-state index contributed by atoms with van der Waals surface area (Å²) in [6.45, 7) is 4.24. The fourth-order valence-electron chi connectivity index (χ4n) is 2.75. The summed E-state index contributed by atoms with van der Waals surface area (Å²) >= 11 is 0. The Bertz CT molecular complexity index is 925. The van der Waals surface area contributed by atoms with Crippen molar-refractivity contribution < 1.29 is 9.59 Å². The lowest BCUT2D eigenvalue weighted by atomic mass is 10.1. The van der Waals surface area contributed by atoms with Crippen molar-refractivity contribution in [3.63, 3.8) is 0 Å². The van der Waals surface area contributed by atoms with Crippen LogP contribution in [0, 0.1) is 6.92 Å². The molecule has 0 unspecified atom stereocenters. The van der Waals surface area contributed by atoms with Gasteiger partial charge in [0, 0.05) is 17.6 Å². The molecule has 2 amide bonds. The van der Waals surface area contributed by atoms with Crippen LogP contribution in [-0.2, 0) is 11.3 Å². The SMILES string of the molecule is CCn1nc(C)cc1C(=O)NCC(=O)Nc1cccc2ccccc12. The molecule has 6 nitrogen and oxygen atoms in total. The Balaban J connectivity index is 1.65. The Morgan fingerprint density at radius 1 is 1.12 bits per heavy atom. The average molecular weight is 336 g/mol. The number of hydrogen-bond donors (Lipinski definition) is 2. The van der Waals surface area contributed by atoms with Gasteiger partial charge in [-0.1, -0.05) is 36.4 Å². The van der Waals surface area contributed by atoms with E-state index in [4.69, 9.17) is 0 Å². The van der Waals surface area contributed by atoms with E-state index in [0.29, 0.717) is 12.2 Å². The van der Waals surface area contributed by atoms with Crippen LogP contribution in [0.3, 0.4) is 0 Å².